The van der Waals surface area contributed by atoms with Crippen molar-refractivity contribution >= 4 is 16.9 Å². The van der Waals surface area contributed by atoms with Gasteiger partial charge in [-0.2, -0.15) is 0 Å². The molecule has 262 valence electrons. The number of fused-ring (bicyclic) bond motifs is 6. The molecule has 5 nitrogen and oxygen atoms in total. The molecule has 0 radical (unpaired) electrons. The van der Waals surface area contributed by atoms with E-state index in [1.54, 1.807) is 6.07 Å². The van der Waals surface area contributed by atoms with Gasteiger partial charge >= 0.3 is 11.6 Å². The molecule has 0 saturated heterocycles. The maximum atomic E-state index is 13.0. The van der Waals surface area contributed by atoms with E-state index in [0.29, 0.717) is 16.7 Å². The smallest absolute Gasteiger partial charge is 0.344 e. The molecule has 3 saturated carbocycles. The molecule has 0 spiro atoms. The number of hydrogen-bond donors (Lipinski definition) is 0. The predicted molar refractivity (Wildman–Crippen MR) is 196 cm³/mol. The predicted octanol–water partition coefficient (Wildman–Crippen LogP) is 10.8. The second-order valence-electron chi connectivity index (χ2n) is 16.9. The van der Waals surface area contributed by atoms with Crippen molar-refractivity contribution in [2.24, 2.45) is 46.3 Å². The average molecular weight is 665 g/mol. The van der Waals surface area contributed by atoms with E-state index in [2.05, 4.69) is 40.7 Å². The van der Waals surface area contributed by atoms with Crippen molar-refractivity contribution in [3.8, 4) is 16.9 Å². The summed E-state index contributed by atoms with van der Waals surface area (Å²) < 4.78 is 17.4. The molecule has 5 heteroatoms. The van der Waals surface area contributed by atoms with Crippen molar-refractivity contribution < 1.29 is 18.7 Å². The van der Waals surface area contributed by atoms with Crippen LogP contribution in [0.4, 0.5) is 0 Å². The zero-order chi connectivity index (χ0) is 34.3. The number of benzene rings is 2. The van der Waals surface area contributed by atoms with Crippen molar-refractivity contribution in [3.05, 3.63) is 76.7 Å². The summed E-state index contributed by atoms with van der Waals surface area (Å²) in [6.45, 7) is 12.3. The van der Waals surface area contributed by atoms with Crippen LogP contribution < -0.4 is 10.4 Å². The summed E-state index contributed by atoms with van der Waals surface area (Å²) in [5.74, 6) is 5.02. The Morgan fingerprint density at radius 2 is 1.76 bits per heavy atom. The largest absolute Gasteiger partial charge is 0.482 e. The van der Waals surface area contributed by atoms with Gasteiger partial charge in [0.1, 0.15) is 17.4 Å². The molecule has 2 aromatic carbocycles. The molecule has 49 heavy (non-hydrogen) atoms. The Hall–Kier alpha value is -3.34. The first-order valence-electron chi connectivity index (χ1n) is 19.2. The first-order chi connectivity index (χ1) is 23.5. The third-order valence-corrected chi connectivity index (χ3v) is 13.7. The van der Waals surface area contributed by atoms with Crippen molar-refractivity contribution in [2.45, 2.75) is 111 Å². The lowest BCUT2D eigenvalue weighted by atomic mass is 9.47. The van der Waals surface area contributed by atoms with Gasteiger partial charge in [0.15, 0.2) is 6.61 Å². The fourth-order valence-electron chi connectivity index (χ4n) is 11.2. The molecule has 8 atom stereocenters. The van der Waals surface area contributed by atoms with Crippen LogP contribution in [0, 0.1) is 46.3 Å². The quantitative estimate of drug-likeness (QED) is 0.123. The van der Waals surface area contributed by atoms with E-state index in [1.165, 1.54) is 63.0 Å². The van der Waals surface area contributed by atoms with Crippen LogP contribution in [0.5, 0.6) is 5.75 Å². The van der Waals surface area contributed by atoms with Crippen LogP contribution >= 0.6 is 0 Å². The van der Waals surface area contributed by atoms with Crippen LogP contribution in [0.15, 0.2) is 75.5 Å². The maximum Gasteiger partial charge on any atom is 0.344 e. The highest BCUT2D eigenvalue weighted by molar-refractivity contribution is 5.93. The maximum absolute atomic E-state index is 13.0. The summed E-state index contributed by atoms with van der Waals surface area (Å²) >= 11 is 0. The number of ether oxygens (including phenoxy) is 2. The van der Waals surface area contributed by atoms with Crippen LogP contribution in [0.3, 0.4) is 0 Å². The molecule has 3 fully saturated rings. The Labute approximate surface area is 292 Å². The zero-order valence-electron chi connectivity index (χ0n) is 30.3. The van der Waals surface area contributed by atoms with Crippen LogP contribution in [0.25, 0.3) is 22.1 Å². The molecule has 4 aliphatic carbocycles. The number of carbonyl (C=O) groups is 1. The number of hydrogen-bond acceptors (Lipinski definition) is 5. The van der Waals surface area contributed by atoms with Crippen LogP contribution in [-0.4, -0.2) is 18.7 Å². The Kier molecular flexibility index (Phi) is 9.58. The zero-order valence-corrected chi connectivity index (χ0v) is 30.3. The minimum atomic E-state index is -0.424. The fourth-order valence-corrected chi connectivity index (χ4v) is 11.2. The van der Waals surface area contributed by atoms with E-state index in [-0.39, 0.29) is 24.1 Å². The topological polar surface area (TPSA) is 65.7 Å². The Balaban J connectivity index is 0.959. The molecule has 4 aliphatic rings. The molecule has 3 aromatic rings. The summed E-state index contributed by atoms with van der Waals surface area (Å²) in [6, 6.07) is 16.7. The van der Waals surface area contributed by atoms with Gasteiger partial charge in [-0.25, -0.2) is 9.59 Å². The first-order valence-corrected chi connectivity index (χ1v) is 19.2. The van der Waals surface area contributed by atoms with Gasteiger partial charge < -0.3 is 13.9 Å². The van der Waals surface area contributed by atoms with E-state index in [0.717, 1.165) is 71.3 Å². The van der Waals surface area contributed by atoms with Gasteiger partial charge in [-0.05, 0) is 115 Å². The SMILES string of the molecule is CC(C)CCC[C@@H](C)[C@@H]1CC[C@@H]2[C@@H]3CC=C4C[C@@H](OC(=O)COc5ccc6c(-c7ccccc7)cc(=O)oc6c5)CC[C@]4(C)[C@@H]3CC[C@@]21C. The van der Waals surface area contributed by atoms with Crippen LogP contribution in [0.1, 0.15) is 105 Å². The molecule has 0 bridgehead atoms. The molecule has 1 heterocycles. The molecule has 7 rings (SSSR count). The standard InChI is InChI=1S/C44H56O5/c1-28(2)10-9-11-29(3)37-18-19-38-35-16-14-31-24-33(20-22-43(31,4)39(35)21-23-44(37,38)5)48-42(46)27-47-32-15-17-34-36(30-12-7-6-8-13-30)26-41(45)49-40(34)25-32/h6-8,12-15,17,25-26,28-29,33,35,37-39H,9-11,16,18-24,27H2,1-5H3/t29-,33+,35+,37+,38-,39-,43+,44-/m1/s1. The van der Waals surface area contributed by atoms with Gasteiger partial charge in [0, 0.05) is 23.9 Å². The van der Waals surface area contributed by atoms with Gasteiger partial charge in [-0.3, -0.25) is 0 Å². The Bertz CT molecular complexity index is 1740. The van der Waals surface area contributed by atoms with Crippen LogP contribution in [0.2, 0.25) is 0 Å². The summed E-state index contributed by atoms with van der Waals surface area (Å²) in [4.78, 5) is 25.4. The molecule has 0 aliphatic heterocycles. The highest BCUT2D eigenvalue weighted by Gasteiger charge is 2.59. The first kappa shape index (κ1) is 34.1. The lowest BCUT2D eigenvalue weighted by Gasteiger charge is -2.58. The monoisotopic (exact) mass is 664 g/mol. The summed E-state index contributed by atoms with van der Waals surface area (Å²) in [6.07, 6.45) is 16.2. The summed E-state index contributed by atoms with van der Waals surface area (Å²) in [5.41, 5.74) is 3.99. The van der Waals surface area contributed by atoms with E-state index in [9.17, 15) is 9.59 Å². The second kappa shape index (κ2) is 13.8. The Morgan fingerprint density at radius 1 is 0.939 bits per heavy atom. The van der Waals surface area contributed by atoms with Crippen LogP contribution in [-0.2, 0) is 9.53 Å². The minimum absolute atomic E-state index is 0.105. The number of allylic oxidation sites excluding steroid dienone is 1. The number of carbonyl (C=O) groups excluding carboxylic acids is 1. The van der Waals surface area contributed by atoms with Gasteiger partial charge in [0.2, 0.25) is 0 Å². The summed E-state index contributed by atoms with van der Waals surface area (Å²) in [7, 11) is 0. The molecule has 0 unspecified atom stereocenters. The van der Waals surface area contributed by atoms with Gasteiger partial charge in [0.05, 0.1) is 0 Å². The minimum Gasteiger partial charge on any atom is -0.482 e. The third kappa shape index (κ3) is 6.64. The number of esters is 1. The lowest BCUT2D eigenvalue weighted by molar-refractivity contribution is -0.153. The summed E-state index contributed by atoms with van der Waals surface area (Å²) in [5, 5.41) is 0.816. The van der Waals surface area contributed by atoms with E-state index in [4.69, 9.17) is 13.9 Å². The van der Waals surface area contributed by atoms with Gasteiger partial charge in [-0.1, -0.05) is 95.9 Å². The van der Waals surface area contributed by atoms with Gasteiger partial charge in [0.25, 0.3) is 0 Å². The normalized spacial score (nSPS) is 31.4. The van der Waals surface area contributed by atoms with E-state index < -0.39 is 5.63 Å². The van der Waals surface area contributed by atoms with Gasteiger partial charge in [-0.15, -0.1) is 0 Å². The fraction of sp³-hybridized carbons (Fsp3) is 0.591. The molecular formula is C44H56O5. The Morgan fingerprint density at radius 3 is 2.55 bits per heavy atom. The van der Waals surface area contributed by atoms with E-state index >= 15 is 0 Å². The van der Waals surface area contributed by atoms with Crippen molar-refractivity contribution in [1.82, 2.24) is 0 Å². The molecule has 1 aromatic heterocycles. The number of rotatable bonds is 10. The average Bonchev–Trinajstić information content (AvgIpc) is 3.44. The molecular weight excluding hydrogens is 608 g/mol. The highest BCUT2D eigenvalue weighted by atomic mass is 16.6. The van der Waals surface area contributed by atoms with Crippen molar-refractivity contribution in [1.29, 1.82) is 0 Å². The highest BCUT2D eigenvalue weighted by Crippen LogP contribution is 2.67. The molecule has 0 N–H and O–H groups in total. The second-order valence-corrected chi connectivity index (χ2v) is 16.9. The van der Waals surface area contributed by atoms with Crippen molar-refractivity contribution in [2.75, 3.05) is 6.61 Å². The van der Waals surface area contributed by atoms with Crippen molar-refractivity contribution in [3.63, 3.8) is 0 Å². The molecule has 0 amide bonds. The third-order valence-electron chi connectivity index (χ3n) is 13.7. The van der Waals surface area contributed by atoms with E-state index in [1.807, 2.05) is 42.5 Å². The lowest BCUT2D eigenvalue weighted by Crippen LogP contribution is -2.51.